The molecule has 0 aromatic heterocycles. The van der Waals surface area contributed by atoms with Crippen LogP contribution in [-0.4, -0.2) is 17.7 Å². The molecule has 0 aromatic rings. The van der Waals surface area contributed by atoms with Crippen molar-refractivity contribution in [2.45, 2.75) is 54.2 Å². The maximum atomic E-state index is 10.8. The first-order valence-corrected chi connectivity index (χ1v) is 8.30. The van der Waals surface area contributed by atoms with Gasteiger partial charge >= 0.3 is 102 Å². The average Bonchev–Trinajstić information content (AvgIpc) is 2.21. The minimum atomic E-state index is -0.883. The van der Waals surface area contributed by atoms with Crippen LogP contribution in [0.25, 0.3) is 0 Å². The van der Waals surface area contributed by atoms with E-state index in [0.29, 0.717) is 0 Å². The number of aliphatic hydroxyl groups is 1. The summed E-state index contributed by atoms with van der Waals surface area (Å²) >= 11 is -0.218. The van der Waals surface area contributed by atoms with Crippen molar-refractivity contribution >= 4 is 5.97 Å². The SMILES string of the molecule is CCCCCC[CH]([Au][CH2]CCO)C(=O)[O-]. The van der Waals surface area contributed by atoms with Crippen LogP contribution in [0.15, 0.2) is 0 Å². The zero-order valence-electron chi connectivity index (χ0n) is 9.30. The third kappa shape index (κ3) is 9.12. The second-order valence-corrected chi connectivity index (χ2v) is 6.91. The number of unbranched alkanes of at least 4 members (excludes halogenated alkanes) is 3. The number of carbonyl (C=O) groups is 1. The predicted molar refractivity (Wildman–Crippen MR) is 54.0 cm³/mol. The van der Waals surface area contributed by atoms with Crippen molar-refractivity contribution in [1.29, 1.82) is 0 Å². The van der Waals surface area contributed by atoms with E-state index in [1.54, 1.807) is 0 Å². The summed E-state index contributed by atoms with van der Waals surface area (Å²) < 4.78 is 0.663. The van der Waals surface area contributed by atoms with Gasteiger partial charge in [0.25, 0.3) is 0 Å². The third-order valence-corrected chi connectivity index (χ3v) is 5.62. The van der Waals surface area contributed by atoms with E-state index in [1.165, 1.54) is 12.8 Å². The number of hydrogen-bond acceptors (Lipinski definition) is 3. The summed E-state index contributed by atoms with van der Waals surface area (Å²) in [6, 6.07) is 0. The summed E-state index contributed by atoms with van der Waals surface area (Å²) in [4.78, 5) is 10.8. The molecule has 0 aliphatic heterocycles. The second kappa shape index (κ2) is 10.7. The zero-order chi connectivity index (χ0) is 11.5. The molecule has 0 saturated carbocycles. The van der Waals surface area contributed by atoms with Gasteiger partial charge in [0.15, 0.2) is 0 Å². The monoisotopic (exact) mass is 398 g/mol. The first-order valence-electron chi connectivity index (χ1n) is 5.52. The van der Waals surface area contributed by atoms with Gasteiger partial charge in [0, 0.05) is 0 Å². The molecule has 0 bridgehead atoms. The van der Waals surface area contributed by atoms with E-state index in [2.05, 4.69) is 6.92 Å². The van der Waals surface area contributed by atoms with Crippen LogP contribution >= 0.6 is 0 Å². The number of carbonyl (C=O) groups excluding carboxylic acids is 1. The van der Waals surface area contributed by atoms with E-state index in [-0.39, 0.29) is 30.5 Å². The fourth-order valence-electron chi connectivity index (χ4n) is 1.18. The molecule has 0 rings (SSSR count). The first kappa shape index (κ1) is 15.2. The number of rotatable bonds is 10. The van der Waals surface area contributed by atoms with E-state index < -0.39 is 5.97 Å². The summed E-state index contributed by atoms with van der Waals surface area (Å²) in [5.74, 6) is -0.883. The molecule has 1 unspecified atom stereocenters. The van der Waals surface area contributed by atoms with Gasteiger partial charge in [0.05, 0.1) is 0 Å². The van der Waals surface area contributed by atoms with Gasteiger partial charge in [-0.05, 0) is 0 Å². The third-order valence-electron chi connectivity index (χ3n) is 2.03. The number of carboxylic acids is 1. The average molecular weight is 398 g/mol. The normalized spacial score (nSPS) is 12.9. The van der Waals surface area contributed by atoms with Gasteiger partial charge in [-0.2, -0.15) is 0 Å². The van der Waals surface area contributed by atoms with Crippen LogP contribution in [0.1, 0.15) is 45.4 Å². The molecule has 0 aromatic carbocycles. The Kier molecular flexibility index (Phi) is 10.8. The second-order valence-electron chi connectivity index (χ2n) is 3.43. The van der Waals surface area contributed by atoms with Gasteiger partial charge in [-0.25, -0.2) is 0 Å². The van der Waals surface area contributed by atoms with Crippen LogP contribution in [0.5, 0.6) is 0 Å². The molecule has 4 heteroatoms. The van der Waals surface area contributed by atoms with E-state index in [1.807, 2.05) is 0 Å². The van der Waals surface area contributed by atoms with Crippen molar-refractivity contribution in [3.8, 4) is 0 Å². The fourth-order valence-corrected chi connectivity index (χ4v) is 3.96. The van der Waals surface area contributed by atoms with Crippen molar-refractivity contribution < 1.29 is 34.8 Å². The number of carboxylic acid groups (broad SMARTS) is 1. The van der Waals surface area contributed by atoms with Crippen LogP contribution in [-0.2, 0) is 24.5 Å². The van der Waals surface area contributed by atoms with Crippen molar-refractivity contribution in [3.05, 3.63) is 0 Å². The topological polar surface area (TPSA) is 60.4 Å². The van der Waals surface area contributed by atoms with Gasteiger partial charge in [0.1, 0.15) is 0 Å². The standard InChI is InChI=1S/C8H15O2.C3H7O.Au/c1-2-3-4-5-6-7-8(9)10;1-2-3-4;/h7H,2-6H2,1H3,(H,9,10);4H,1-3H2;/p-1. The van der Waals surface area contributed by atoms with Crippen LogP contribution < -0.4 is 5.11 Å². The van der Waals surface area contributed by atoms with Crippen molar-refractivity contribution in [3.63, 3.8) is 0 Å². The molecule has 0 radical (unpaired) electrons. The van der Waals surface area contributed by atoms with Gasteiger partial charge in [-0.15, -0.1) is 0 Å². The molecule has 0 saturated heterocycles. The van der Waals surface area contributed by atoms with Gasteiger partial charge in [-0.3, -0.25) is 0 Å². The van der Waals surface area contributed by atoms with E-state index >= 15 is 0 Å². The van der Waals surface area contributed by atoms with E-state index in [0.717, 1.165) is 30.3 Å². The molecular weight excluding hydrogens is 377 g/mol. The minimum absolute atomic E-state index is 0.173. The summed E-state index contributed by atoms with van der Waals surface area (Å²) in [6.07, 6.45) is 6.00. The van der Waals surface area contributed by atoms with Gasteiger partial charge in [0.2, 0.25) is 0 Å². The van der Waals surface area contributed by atoms with Crippen molar-refractivity contribution in [2.24, 2.45) is 0 Å². The summed E-state index contributed by atoms with van der Waals surface area (Å²) in [6.45, 7) is 2.32. The van der Waals surface area contributed by atoms with Crippen LogP contribution in [0.3, 0.4) is 0 Å². The predicted octanol–water partition coefficient (Wildman–Crippen LogP) is 1.38. The van der Waals surface area contributed by atoms with Crippen molar-refractivity contribution in [2.75, 3.05) is 6.61 Å². The molecule has 0 fully saturated rings. The van der Waals surface area contributed by atoms with Crippen LogP contribution in [0.4, 0.5) is 0 Å². The molecule has 95 valence electrons. The Labute approximate surface area is 102 Å². The van der Waals surface area contributed by atoms with Gasteiger partial charge < -0.3 is 0 Å². The fraction of sp³-hybridized carbons (Fsp3) is 0.909. The molecule has 0 aliphatic rings. The van der Waals surface area contributed by atoms with E-state index in [9.17, 15) is 9.90 Å². The van der Waals surface area contributed by atoms with E-state index in [4.69, 9.17) is 5.11 Å². The molecule has 0 amide bonds. The maximum absolute atomic E-state index is 10.8. The Hall–Kier alpha value is 0.170. The Bertz CT molecular complexity index is 162. The summed E-state index contributed by atoms with van der Waals surface area (Å²) in [5, 5.41) is 19.4. The molecule has 15 heavy (non-hydrogen) atoms. The number of aliphatic hydroxyl groups excluding tert-OH is 1. The first-order chi connectivity index (χ1) is 7.22. The van der Waals surface area contributed by atoms with Crippen LogP contribution in [0.2, 0.25) is 8.77 Å². The number of hydrogen-bond donors (Lipinski definition) is 1. The molecule has 0 heterocycles. The van der Waals surface area contributed by atoms with Crippen LogP contribution in [0, 0.1) is 0 Å². The number of aliphatic carboxylic acids is 1. The molecular formula is C11H21AuO3-. The molecule has 0 spiro atoms. The molecule has 1 N–H and O–H groups in total. The Morgan fingerprint density at radius 2 is 2.07 bits per heavy atom. The Morgan fingerprint density at radius 1 is 1.33 bits per heavy atom. The Morgan fingerprint density at radius 3 is 2.60 bits per heavy atom. The molecule has 3 nitrogen and oxygen atoms in total. The quantitative estimate of drug-likeness (QED) is 0.447. The molecule has 1 atom stereocenters. The zero-order valence-corrected chi connectivity index (χ0v) is 11.5. The van der Waals surface area contributed by atoms with Gasteiger partial charge in [-0.1, -0.05) is 0 Å². The Balaban J connectivity index is 3.59. The summed E-state index contributed by atoms with van der Waals surface area (Å²) in [7, 11) is 0. The molecule has 0 aliphatic carbocycles. The van der Waals surface area contributed by atoms with Crippen molar-refractivity contribution in [1.82, 2.24) is 0 Å². The summed E-state index contributed by atoms with van der Waals surface area (Å²) in [5.41, 5.74) is 0.